The molecule has 0 N–H and O–H groups in total. The second kappa shape index (κ2) is 9.26. The van der Waals surface area contributed by atoms with Crippen molar-refractivity contribution in [3.8, 4) is 11.8 Å². The van der Waals surface area contributed by atoms with Gasteiger partial charge in [0.05, 0.1) is 12.5 Å². The van der Waals surface area contributed by atoms with Crippen molar-refractivity contribution < 1.29 is 9.53 Å². The summed E-state index contributed by atoms with van der Waals surface area (Å²) < 4.78 is 5.51. The largest absolute Gasteiger partial charge is 0.484 e. The van der Waals surface area contributed by atoms with Crippen molar-refractivity contribution in [2.45, 2.75) is 12.8 Å². The first-order valence-electron chi connectivity index (χ1n) is 7.66. The number of ether oxygens (including phenoxy) is 1. The summed E-state index contributed by atoms with van der Waals surface area (Å²) in [6.07, 6.45) is 1.09. The molecule has 2 aromatic rings. The molecule has 2 rings (SSSR count). The molecule has 0 saturated carbocycles. The van der Waals surface area contributed by atoms with Crippen molar-refractivity contribution in [2.24, 2.45) is 0 Å². The van der Waals surface area contributed by atoms with E-state index in [2.05, 4.69) is 6.07 Å². The van der Waals surface area contributed by atoms with Gasteiger partial charge < -0.3 is 9.64 Å². The van der Waals surface area contributed by atoms with Crippen molar-refractivity contribution in [3.63, 3.8) is 0 Å². The van der Waals surface area contributed by atoms with Crippen molar-refractivity contribution >= 4 is 5.91 Å². The molecule has 2 aromatic carbocycles. The molecule has 4 heteroatoms. The molecule has 4 nitrogen and oxygen atoms in total. The molecular formula is C19H20N2O2. The third-order valence-corrected chi connectivity index (χ3v) is 3.46. The van der Waals surface area contributed by atoms with E-state index in [9.17, 15) is 4.79 Å². The molecule has 0 unspecified atom stereocenters. The number of nitrogens with zero attached hydrogens (tertiary/aromatic N) is 2. The van der Waals surface area contributed by atoms with Gasteiger partial charge in [0.2, 0.25) is 0 Å². The summed E-state index contributed by atoms with van der Waals surface area (Å²) in [5.41, 5.74) is 1.17. The first-order chi connectivity index (χ1) is 11.3. The number of para-hydroxylation sites is 1. The van der Waals surface area contributed by atoms with E-state index in [1.807, 2.05) is 60.7 Å². The highest BCUT2D eigenvalue weighted by Crippen LogP contribution is 2.09. The minimum absolute atomic E-state index is 0.00969. The monoisotopic (exact) mass is 308 g/mol. The number of benzene rings is 2. The van der Waals surface area contributed by atoms with Crippen LogP contribution in [0.2, 0.25) is 0 Å². The van der Waals surface area contributed by atoms with Crippen LogP contribution in [0.5, 0.6) is 5.75 Å². The van der Waals surface area contributed by atoms with Crippen LogP contribution in [0.25, 0.3) is 0 Å². The summed E-state index contributed by atoms with van der Waals surface area (Å²) in [4.78, 5) is 14.0. The smallest absolute Gasteiger partial charge is 0.260 e. The molecule has 0 saturated heterocycles. The van der Waals surface area contributed by atoms with Crippen LogP contribution in [0.1, 0.15) is 12.0 Å². The Morgan fingerprint density at radius 3 is 2.30 bits per heavy atom. The van der Waals surface area contributed by atoms with Crippen LogP contribution in [0.4, 0.5) is 0 Å². The van der Waals surface area contributed by atoms with Crippen LogP contribution in [0.15, 0.2) is 60.7 Å². The van der Waals surface area contributed by atoms with E-state index in [1.165, 1.54) is 5.56 Å². The number of rotatable bonds is 8. The number of carbonyl (C=O) groups is 1. The average molecular weight is 308 g/mol. The molecule has 0 radical (unpaired) electrons. The van der Waals surface area contributed by atoms with Gasteiger partial charge in [0.25, 0.3) is 5.91 Å². The van der Waals surface area contributed by atoms with Crippen molar-refractivity contribution in [1.82, 2.24) is 4.90 Å². The Hall–Kier alpha value is -2.80. The van der Waals surface area contributed by atoms with Gasteiger partial charge >= 0.3 is 0 Å². The van der Waals surface area contributed by atoms with Gasteiger partial charge in [-0.2, -0.15) is 5.26 Å². The fourth-order valence-electron chi connectivity index (χ4n) is 2.21. The molecule has 0 aliphatic heterocycles. The Bertz CT molecular complexity index is 635. The van der Waals surface area contributed by atoms with Gasteiger partial charge in [0.1, 0.15) is 5.75 Å². The van der Waals surface area contributed by atoms with Crippen molar-refractivity contribution in [1.29, 1.82) is 5.26 Å². The lowest BCUT2D eigenvalue weighted by atomic mass is 10.1. The molecule has 0 aliphatic carbocycles. The second-order valence-electron chi connectivity index (χ2n) is 5.13. The van der Waals surface area contributed by atoms with Gasteiger partial charge in [-0.3, -0.25) is 4.79 Å². The molecule has 118 valence electrons. The molecule has 0 spiro atoms. The van der Waals surface area contributed by atoms with Crippen LogP contribution in [-0.2, 0) is 11.2 Å². The van der Waals surface area contributed by atoms with E-state index in [-0.39, 0.29) is 12.5 Å². The summed E-state index contributed by atoms with van der Waals surface area (Å²) in [6.45, 7) is 1.01. The normalized spacial score (nSPS) is 9.87. The predicted octanol–water partition coefficient (Wildman–Crippen LogP) is 3.05. The molecule has 0 aromatic heterocycles. The zero-order valence-corrected chi connectivity index (χ0v) is 13.0. The van der Waals surface area contributed by atoms with E-state index < -0.39 is 0 Å². The average Bonchev–Trinajstić information content (AvgIpc) is 2.61. The molecule has 0 aliphatic rings. The topological polar surface area (TPSA) is 53.3 Å². The van der Waals surface area contributed by atoms with Crippen molar-refractivity contribution in [2.75, 3.05) is 19.7 Å². The predicted molar refractivity (Wildman–Crippen MR) is 88.9 cm³/mol. The van der Waals surface area contributed by atoms with Crippen LogP contribution in [0, 0.1) is 11.3 Å². The standard InChI is InChI=1S/C19H20N2O2/c20-13-7-14-21(15-12-17-8-3-1-4-9-17)19(22)16-23-18-10-5-2-6-11-18/h1-6,8-11H,7,12,14-16H2. The van der Waals surface area contributed by atoms with Crippen LogP contribution in [0.3, 0.4) is 0 Å². The highest BCUT2D eigenvalue weighted by molar-refractivity contribution is 5.77. The Morgan fingerprint density at radius 1 is 1.00 bits per heavy atom. The minimum atomic E-state index is -0.0972. The molecule has 1 amide bonds. The zero-order chi connectivity index (χ0) is 16.3. The molecule has 0 bridgehead atoms. The molecule has 0 atom stereocenters. The summed E-state index contributed by atoms with van der Waals surface area (Å²) >= 11 is 0. The molecule has 0 heterocycles. The quantitative estimate of drug-likeness (QED) is 0.753. The van der Waals surface area contributed by atoms with Crippen LogP contribution >= 0.6 is 0 Å². The van der Waals surface area contributed by atoms with E-state index in [4.69, 9.17) is 10.00 Å². The minimum Gasteiger partial charge on any atom is -0.484 e. The molecule has 23 heavy (non-hydrogen) atoms. The number of carbonyl (C=O) groups excluding carboxylic acids is 1. The lowest BCUT2D eigenvalue weighted by Gasteiger charge is -2.21. The second-order valence-corrected chi connectivity index (χ2v) is 5.13. The molecule has 0 fully saturated rings. The van der Waals surface area contributed by atoms with E-state index in [0.29, 0.717) is 25.3 Å². The Balaban J connectivity index is 1.88. The maximum atomic E-state index is 12.3. The SMILES string of the molecule is N#CCCN(CCc1ccccc1)C(=O)COc1ccccc1. The van der Waals surface area contributed by atoms with Gasteiger partial charge in [-0.05, 0) is 24.1 Å². The van der Waals surface area contributed by atoms with E-state index in [0.717, 1.165) is 6.42 Å². The van der Waals surface area contributed by atoms with Gasteiger partial charge in [0.15, 0.2) is 6.61 Å². The summed E-state index contributed by atoms with van der Waals surface area (Å²) in [5.74, 6) is 0.573. The highest BCUT2D eigenvalue weighted by atomic mass is 16.5. The van der Waals surface area contributed by atoms with E-state index in [1.54, 1.807) is 4.90 Å². The summed E-state index contributed by atoms with van der Waals surface area (Å²) in [5, 5.41) is 8.77. The van der Waals surface area contributed by atoms with Crippen molar-refractivity contribution in [3.05, 3.63) is 66.2 Å². The third-order valence-electron chi connectivity index (χ3n) is 3.46. The molecular weight excluding hydrogens is 288 g/mol. The summed E-state index contributed by atoms with van der Waals surface area (Å²) in [7, 11) is 0. The van der Waals surface area contributed by atoms with Gasteiger partial charge in [0, 0.05) is 13.1 Å². The lowest BCUT2D eigenvalue weighted by molar-refractivity contribution is -0.133. The highest BCUT2D eigenvalue weighted by Gasteiger charge is 2.14. The van der Waals surface area contributed by atoms with Crippen LogP contribution in [-0.4, -0.2) is 30.5 Å². The third kappa shape index (κ3) is 5.84. The summed E-state index contributed by atoms with van der Waals surface area (Å²) in [6, 6.07) is 21.3. The Labute approximate surface area is 136 Å². The number of hydrogen-bond donors (Lipinski definition) is 0. The lowest BCUT2D eigenvalue weighted by Crippen LogP contribution is -2.37. The van der Waals surface area contributed by atoms with Crippen LogP contribution < -0.4 is 4.74 Å². The number of hydrogen-bond acceptors (Lipinski definition) is 3. The van der Waals surface area contributed by atoms with Gasteiger partial charge in [-0.1, -0.05) is 48.5 Å². The number of amides is 1. The van der Waals surface area contributed by atoms with Gasteiger partial charge in [-0.15, -0.1) is 0 Å². The fraction of sp³-hybridized carbons (Fsp3) is 0.263. The number of nitriles is 1. The van der Waals surface area contributed by atoms with E-state index >= 15 is 0 Å². The van der Waals surface area contributed by atoms with Gasteiger partial charge in [-0.25, -0.2) is 0 Å². The Kier molecular flexibility index (Phi) is 6.67. The first kappa shape index (κ1) is 16.6. The Morgan fingerprint density at radius 2 is 1.65 bits per heavy atom. The fourth-order valence-corrected chi connectivity index (χ4v) is 2.21. The first-order valence-corrected chi connectivity index (χ1v) is 7.66. The maximum Gasteiger partial charge on any atom is 0.260 e. The zero-order valence-electron chi connectivity index (χ0n) is 13.0. The maximum absolute atomic E-state index is 12.3.